The zero-order valence-corrected chi connectivity index (χ0v) is 11.2. The van der Waals surface area contributed by atoms with Crippen LogP contribution in [0.2, 0.25) is 0 Å². The number of methoxy groups -OCH3 is 1. The molecule has 0 N–H and O–H groups in total. The number of nitro benzene ring substituents is 1. The molecule has 7 heteroatoms. The Labute approximate surface area is 115 Å². The predicted octanol–water partition coefficient (Wildman–Crippen LogP) is 2.12. The van der Waals surface area contributed by atoms with Gasteiger partial charge in [-0.2, -0.15) is 0 Å². The molecule has 0 amide bonds. The van der Waals surface area contributed by atoms with Gasteiger partial charge in [-0.25, -0.2) is 4.39 Å². The second-order valence-corrected chi connectivity index (χ2v) is 4.85. The summed E-state index contributed by atoms with van der Waals surface area (Å²) >= 11 is 0. The molecule has 1 fully saturated rings. The van der Waals surface area contributed by atoms with Crippen LogP contribution < -0.4 is 4.90 Å². The number of carbonyl (C=O) groups excluding carboxylic acids is 1. The van der Waals surface area contributed by atoms with Gasteiger partial charge in [0.15, 0.2) is 5.82 Å². The minimum Gasteiger partial charge on any atom is -0.469 e. The number of non-ortho nitro benzene ring substituents is 1. The number of esters is 1. The van der Waals surface area contributed by atoms with Gasteiger partial charge in [0.05, 0.1) is 29.7 Å². The number of rotatable bonds is 4. The number of hydrogen-bond acceptors (Lipinski definition) is 5. The molecule has 2 rings (SSSR count). The molecule has 0 unspecified atom stereocenters. The van der Waals surface area contributed by atoms with E-state index >= 15 is 0 Å². The van der Waals surface area contributed by atoms with Crippen molar-refractivity contribution in [3.63, 3.8) is 0 Å². The summed E-state index contributed by atoms with van der Waals surface area (Å²) in [7, 11) is 3.05. The lowest BCUT2D eigenvalue weighted by molar-refractivity contribution is -0.385. The number of benzene rings is 1. The molecule has 0 saturated heterocycles. The van der Waals surface area contributed by atoms with E-state index in [1.807, 2.05) is 0 Å². The van der Waals surface area contributed by atoms with E-state index in [0.717, 1.165) is 6.07 Å². The Morgan fingerprint density at radius 1 is 1.50 bits per heavy atom. The molecule has 1 aliphatic carbocycles. The lowest BCUT2D eigenvalue weighted by atomic mass is 9.79. The van der Waals surface area contributed by atoms with Crippen molar-refractivity contribution in [1.82, 2.24) is 0 Å². The van der Waals surface area contributed by atoms with Gasteiger partial charge in [-0.3, -0.25) is 14.9 Å². The molecular weight excluding hydrogens is 267 g/mol. The first-order valence-corrected chi connectivity index (χ1v) is 6.18. The van der Waals surface area contributed by atoms with E-state index in [-0.39, 0.29) is 23.6 Å². The highest BCUT2D eigenvalue weighted by molar-refractivity contribution is 5.74. The van der Waals surface area contributed by atoms with Crippen LogP contribution in [0.15, 0.2) is 18.2 Å². The molecule has 1 aromatic rings. The molecular formula is C13H15FN2O4. The molecule has 1 aromatic carbocycles. The molecule has 20 heavy (non-hydrogen) atoms. The largest absolute Gasteiger partial charge is 0.469 e. The van der Waals surface area contributed by atoms with Crippen molar-refractivity contribution in [1.29, 1.82) is 0 Å². The first-order valence-electron chi connectivity index (χ1n) is 6.18. The normalized spacial score (nSPS) is 20.9. The Morgan fingerprint density at radius 2 is 2.15 bits per heavy atom. The molecule has 0 aliphatic heterocycles. The van der Waals surface area contributed by atoms with Crippen molar-refractivity contribution in [2.75, 3.05) is 19.1 Å². The van der Waals surface area contributed by atoms with E-state index in [1.165, 1.54) is 19.2 Å². The van der Waals surface area contributed by atoms with Crippen LogP contribution in [0, 0.1) is 21.8 Å². The first-order chi connectivity index (χ1) is 9.43. The van der Waals surface area contributed by atoms with E-state index in [4.69, 9.17) is 0 Å². The third-order valence-electron chi connectivity index (χ3n) is 3.72. The summed E-state index contributed by atoms with van der Waals surface area (Å²) in [5.74, 6) is -1.03. The molecule has 1 aliphatic rings. The number of ether oxygens (including phenoxy) is 1. The minimum absolute atomic E-state index is 0.0371. The summed E-state index contributed by atoms with van der Waals surface area (Å²) < 4.78 is 18.5. The molecule has 6 nitrogen and oxygen atoms in total. The molecule has 1 saturated carbocycles. The van der Waals surface area contributed by atoms with E-state index in [9.17, 15) is 19.3 Å². The monoisotopic (exact) mass is 282 g/mol. The van der Waals surface area contributed by atoms with Crippen LogP contribution in [0.3, 0.4) is 0 Å². The highest BCUT2D eigenvalue weighted by atomic mass is 19.1. The van der Waals surface area contributed by atoms with Gasteiger partial charge < -0.3 is 9.64 Å². The van der Waals surface area contributed by atoms with Crippen LogP contribution in [0.25, 0.3) is 0 Å². The summed E-state index contributed by atoms with van der Waals surface area (Å²) in [6, 6.07) is 3.60. The highest BCUT2D eigenvalue weighted by Crippen LogP contribution is 2.35. The molecule has 108 valence electrons. The topological polar surface area (TPSA) is 72.7 Å². The van der Waals surface area contributed by atoms with Crippen molar-refractivity contribution in [2.24, 2.45) is 5.92 Å². The second-order valence-electron chi connectivity index (χ2n) is 4.85. The van der Waals surface area contributed by atoms with Crippen molar-refractivity contribution < 1.29 is 18.8 Å². The Balaban J connectivity index is 2.06. The van der Waals surface area contributed by atoms with Crippen LogP contribution in [-0.4, -0.2) is 31.1 Å². The lowest BCUT2D eigenvalue weighted by Crippen LogP contribution is -2.46. The summed E-state index contributed by atoms with van der Waals surface area (Å²) in [4.78, 5) is 22.9. The van der Waals surface area contributed by atoms with E-state index in [2.05, 4.69) is 4.74 Å². The zero-order chi connectivity index (χ0) is 14.9. The molecule has 0 atom stereocenters. The van der Waals surface area contributed by atoms with Gasteiger partial charge >= 0.3 is 5.97 Å². The highest BCUT2D eigenvalue weighted by Gasteiger charge is 2.38. The Hall–Kier alpha value is -2.18. The molecule has 0 bridgehead atoms. The fraction of sp³-hybridized carbons (Fsp3) is 0.462. The quantitative estimate of drug-likeness (QED) is 0.480. The Bertz CT molecular complexity index is 543. The van der Waals surface area contributed by atoms with Crippen LogP contribution in [0.5, 0.6) is 0 Å². The molecule has 0 radical (unpaired) electrons. The average molecular weight is 282 g/mol. The number of anilines is 1. The first kappa shape index (κ1) is 14.2. The standard InChI is InChI=1S/C13H15FN2O4/c1-15(10-5-8(6-10)13(17)20-2)12-4-3-9(16(18)19)7-11(12)14/h3-4,7-8,10H,5-6H2,1-2H3. The van der Waals surface area contributed by atoms with E-state index in [1.54, 1.807) is 11.9 Å². The third-order valence-corrected chi connectivity index (χ3v) is 3.72. The second kappa shape index (κ2) is 5.44. The summed E-state index contributed by atoms with van der Waals surface area (Å²) in [5.41, 5.74) is 0.0182. The van der Waals surface area contributed by atoms with E-state index < -0.39 is 10.7 Å². The average Bonchev–Trinajstić information content (AvgIpc) is 2.36. The van der Waals surface area contributed by atoms with Crippen LogP contribution in [0.4, 0.5) is 15.8 Å². The Morgan fingerprint density at radius 3 is 2.65 bits per heavy atom. The minimum atomic E-state index is -0.636. The van der Waals surface area contributed by atoms with Crippen molar-refractivity contribution in [3.05, 3.63) is 34.1 Å². The van der Waals surface area contributed by atoms with Crippen molar-refractivity contribution in [2.45, 2.75) is 18.9 Å². The lowest BCUT2D eigenvalue weighted by Gasteiger charge is -2.40. The Kier molecular flexibility index (Phi) is 3.87. The summed E-state index contributed by atoms with van der Waals surface area (Å²) in [6.45, 7) is 0. The maximum absolute atomic E-state index is 13.9. The number of hydrogen-bond donors (Lipinski definition) is 0. The molecule has 0 aromatic heterocycles. The number of nitro groups is 1. The van der Waals surface area contributed by atoms with Crippen LogP contribution in [0.1, 0.15) is 12.8 Å². The van der Waals surface area contributed by atoms with Crippen molar-refractivity contribution >= 4 is 17.3 Å². The predicted molar refractivity (Wildman–Crippen MR) is 70.0 cm³/mol. The fourth-order valence-electron chi connectivity index (χ4n) is 2.36. The smallest absolute Gasteiger partial charge is 0.308 e. The number of nitrogens with zero attached hydrogens (tertiary/aromatic N) is 2. The van der Waals surface area contributed by atoms with Crippen molar-refractivity contribution in [3.8, 4) is 0 Å². The summed E-state index contributed by atoms with van der Waals surface area (Å²) in [5, 5.41) is 10.6. The van der Waals surface area contributed by atoms with E-state index in [0.29, 0.717) is 18.5 Å². The maximum atomic E-state index is 13.9. The zero-order valence-electron chi connectivity index (χ0n) is 11.2. The van der Waals surface area contributed by atoms with Gasteiger partial charge in [-0.1, -0.05) is 0 Å². The van der Waals surface area contributed by atoms with Gasteiger partial charge in [0, 0.05) is 19.2 Å². The fourth-order valence-corrected chi connectivity index (χ4v) is 2.36. The van der Waals surface area contributed by atoms with Crippen LogP contribution in [-0.2, 0) is 9.53 Å². The third kappa shape index (κ3) is 2.56. The summed E-state index contributed by atoms with van der Waals surface area (Å²) in [6.07, 6.45) is 1.19. The van der Waals surface area contributed by atoms with Gasteiger partial charge in [0.1, 0.15) is 0 Å². The molecule has 0 heterocycles. The van der Waals surface area contributed by atoms with Gasteiger partial charge in [-0.15, -0.1) is 0 Å². The maximum Gasteiger partial charge on any atom is 0.308 e. The van der Waals surface area contributed by atoms with Gasteiger partial charge in [0.2, 0.25) is 0 Å². The molecule has 0 spiro atoms. The van der Waals surface area contributed by atoms with Crippen LogP contribution >= 0.6 is 0 Å². The number of carbonyl (C=O) groups is 1. The van der Waals surface area contributed by atoms with Gasteiger partial charge in [-0.05, 0) is 18.9 Å². The van der Waals surface area contributed by atoms with Gasteiger partial charge in [0.25, 0.3) is 5.69 Å². The number of halogens is 1. The SMILES string of the molecule is COC(=O)C1CC(N(C)c2ccc([N+](=O)[O-])cc2F)C1.